The van der Waals surface area contributed by atoms with E-state index >= 15 is 0 Å². The maximum Gasteiger partial charge on any atom is 0.269 e. The second-order valence-electron chi connectivity index (χ2n) is 3.75. The third-order valence-corrected chi connectivity index (χ3v) is 2.55. The molecule has 0 aliphatic rings. The molecule has 90 valence electrons. The van der Waals surface area contributed by atoms with Crippen LogP contribution in [0.2, 0.25) is 0 Å². The summed E-state index contributed by atoms with van der Waals surface area (Å²) in [6.07, 6.45) is 4.73. The summed E-state index contributed by atoms with van der Waals surface area (Å²) in [5.74, 6) is 0.364. The van der Waals surface area contributed by atoms with E-state index in [-0.39, 0.29) is 5.91 Å². The Balaban J connectivity index is 2.02. The summed E-state index contributed by atoms with van der Waals surface area (Å²) in [4.78, 5) is 15.7. The van der Waals surface area contributed by atoms with E-state index in [2.05, 4.69) is 15.4 Å². The number of carbonyl (C=O) groups excluding carboxylic acids is 1. The number of aromatic nitrogens is 4. The van der Waals surface area contributed by atoms with E-state index in [0.29, 0.717) is 18.1 Å². The highest BCUT2D eigenvalue weighted by Crippen LogP contribution is 2.08. The Hall–Kier alpha value is -2.31. The Morgan fingerprint density at radius 1 is 1.47 bits per heavy atom. The summed E-state index contributed by atoms with van der Waals surface area (Å²) in [6, 6.07) is 0. The molecule has 17 heavy (non-hydrogen) atoms. The molecule has 0 aromatic carbocycles. The van der Waals surface area contributed by atoms with Crippen LogP contribution in [0, 0.1) is 0 Å². The lowest BCUT2D eigenvalue weighted by Crippen LogP contribution is -2.25. The minimum absolute atomic E-state index is 0.187. The van der Waals surface area contributed by atoms with Crippen LogP contribution >= 0.6 is 0 Å². The Kier molecular flexibility index (Phi) is 2.82. The number of nitrogens with two attached hydrogens (primary N) is 1. The number of anilines is 1. The minimum Gasteiger partial charge on any atom is -0.384 e. The van der Waals surface area contributed by atoms with Gasteiger partial charge in [-0.2, -0.15) is 5.10 Å². The molecule has 7 heteroatoms. The van der Waals surface area contributed by atoms with Crippen molar-refractivity contribution in [2.75, 3.05) is 5.73 Å². The van der Waals surface area contributed by atoms with Crippen LogP contribution in [0.5, 0.6) is 0 Å². The minimum atomic E-state index is -0.187. The van der Waals surface area contributed by atoms with E-state index in [0.717, 1.165) is 5.56 Å². The van der Waals surface area contributed by atoms with Gasteiger partial charge in [-0.1, -0.05) is 0 Å². The van der Waals surface area contributed by atoms with Gasteiger partial charge in [0.1, 0.15) is 11.5 Å². The summed E-state index contributed by atoms with van der Waals surface area (Å²) in [7, 11) is 3.52. The molecule has 0 radical (unpaired) electrons. The van der Waals surface area contributed by atoms with Gasteiger partial charge in [0, 0.05) is 26.2 Å². The molecule has 0 atom stereocenters. The average Bonchev–Trinajstić information content (AvgIpc) is 2.85. The zero-order chi connectivity index (χ0) is 12.4. The number of hydrogen-bond donors (Lipinski definition) is 2. The van der Waals surface area contributed by atoms with E-state index in [9.17, 15) is 4.79 Å². The molecule has 0 aliphatic carbocycles. The van der Waals surface area contributed by atoms with E-state index in [1.807, 2.05) is 0 Å². The molecule has 0 unspecified atom stereocenters. The second-order valence-corrected chi connectivity index (χ2v) is 3.75. The van der Waals surface area contributed by atoms with Gasteiger partial charge in [-0.3, -0.25) is 9.48 Å². The van der Waals surface area contributed by atoms with Crippen molar-refractivity contribution >= 4 is 11.7 Å². The molecule has 0 saturated carbocycles. The Labute approximate surface area is 98.2 Å². The lowest BCUT2D eigenvalue weighted by Gasteiger charge is -2.04. The van der Waals surface area contributed by atoms with Crippen molar-refractivity contribution in [1.29, 1.82) is 0 Å². The van der Waals surface area contributed by atoms with Gasteiger partial charge in [0.25, 0.3) is 5.91 Å². The zero-order valence-electron chi connectivity index (χ0n) is 9.71. The fourth-order valence-corrected chi connectivity index (χ4v) is 1.47. The largest absolute Gasteiger partial charge is 0.384 e. The van der Waals surface area contributed by atoms with Crippen LogP contribution in [0.15, 0.2) is 18.7 Å². The molecule has 0 bridgehead atoms. The van der Waals surface area contributed by atoms with Gasteiger partial charge in [0.15, 0.2) is 0 Å². The number of rotatable bonds is 3. The van der Waals surface area contributed by atoms with Gasteiger partial charge in [0.05, 0.1) is 18.7 Å². The van der Waals surface area contributed by atoms with Crippen molar-refractivity contribution in [3.63, 3.8) is 0 Å². The smallest absolute Gasteiger partial charge is 0.269 e. The average molecular weight is 234 g/mol. The molecule has 7 nitrogen and oxygen atoms in total. The molecule has 3 N–H and O–H groups in total. The van der Waals surface area contributed by atoms with E-state index in [1.54, 1.807) is 35.9 Å². The molecule has 0 fully saturated rings. The predicted molar refractivity (Wildman–Crippen MR) is 62.0 cm³/mol. The van der Waals surface area contributed by atoms with Crippen LogP contribution in [0.3, 0.4) is 0 Å². The molecule has 2 heterocycles. The van der Waals surface area contributed by atoms with Crippen LogP contribution in [-0.2, 0) is 20.6 Å². The highest BCUT2D eigenvalue weighted by atomic mass is 16.1. The number of nitrogens with zero attached hydrogens (tertiary/aromatic N) is 4. The van der Waals surface area contributed by atoms with Crippen molar-refractivity contribution in [2.45, 2.75) is 6.54 Å². The first-order valence-corrected chi connectivity index (χ1v) is 5.10. The summed E-state index contributed by atoms with van der Waals surface area (Å²) in [5, 5.41) is 6.76. The van der Waals surface area contributed by atoms with E-state index < -0.39 is 0 Å². The maximum absolute atomic E-state index is 11.8. The van der Waals surface area contributed by atoms with Crippen molar-refractivity contribution in [3.8, 4) is 0 Å². The number of aryl methyl sites for hydroxylation is 2. The molecular formula is C10H14N6O. The molecule has 0 spiro atoms. The number of amides is 1. The van der Waals surface area contributed by atoms with Gasteiger partial charge in [0.2, 0.25) is 0 Å². The van der Waals surface area contributed by atoms with Gasteiger partial charge in [-0.25, -0.2) is 4.98 Å². The highest BCUT2D eigenvalue weighted by molar-refractivity contribution is 5.92. The predicted octanol–water partition coefficient (Wildman–Crippen LogP) is -0.334. The standard InChI is InChI=1S/C10H14N6O/c1-15-6-12-5-8(15)10(17)13-3-7-4-14-16(2)9(7)11/h4-6H,3,11H2,1-2H3,(H,13,17). The van der Waals surface area contributed by atoms with Gasteiger partial charge in [-0.05, 0) is 0 Å². The molecule has 1 amide bonds. The summed E-state index contributed by atoms with van der Waals surface area (Å²) in [5.41, 5.74) is 7.07. The van der Waals surface area contributed by atoms with Crippen molar-refractivity contribution in [2.24, 2.45) is 14.1 Å². The monoisotopic (exact) mass is 234 g/mol. The quantitative estimate of drug-likeness (QED) is 0.760. The number of imidazole rings is 1. The van der Waals surface area contributed by atoms with E-state index in [4.69, 9.17) is 5.73 Å². The first kappa shape index (κ1) is 11.2. The Bertz CT molecular complexity index is 541. The topological polar surface area (TPSA) is 90.8 Å². The van der Waals surface area contributed by atoms with Gasteiger partial charge < -0.3 is 15.6 Å². The highest BCUT2D eigenvalue weighted by Gasteiger charge is 2.11. The third kappa shape index (κ3) is 2.12. The zero-order valence-corrected chi connectivity index (χ0v) is 9.71. The summed E-state index contributed by atoms with van der Waals surface area (Å²) >= 11 is 0. The third-order valence-electron chi connectivity index (χ3n) is 2.55. The fourth-order valence-electron chi connectivity index (χ4n) is 1.47. The normalized spacial score (nSPS) is 10.5. The lowest BCUT2D eigenvalue weighted by atomic mass is 10.3. The summed E-state index contributed by atoms with van der Waals surface area (Å²) in [6.45, 7) is 0.351. The Morgan fingerprint density at radius 3 is 2.76 bits per heavy atom. The number of carbonyl (C=O) groups is 1. The Morgan fingerprint density at radius 2 is 2.24 bits per heavy atom. The molecule has 0 saturated heterocycles. The van der Waals surface area contributed by atoms with Crippen LogP contribution in [0.4, 0.5) is 5.82 Å². The number of nitrogen functional groups attached to an aromatic ring is 1. The van der Waals surface area contributed by atoms with Gasteiger partial charge >= 0.3 is 0 Å². The van der Waals surface area contributed by atoms with Crippen molar-refractivity contribution in [1.82, 2.24) is 24.6 Å². The van der Waals surface area contributed by atoms with Crippen LogP contribution < -0.4 is 11.1 Å². The van der Waals surface area contributed by atoms with E-state index in [1.165, 1.54) is 6.20 Å². The number of nitrogens with one attached hydrogen (secondary N) is 1. The molecule has 2 aromatic heterocycles. The molecule has 0 aliphatic heterocycles. The first-order chi connectivity index (χ1) is 8.09. The molecular weight excluding hydrogens is 220 g/mol. The maximum atomic E-state index is 11.8. The fraction of sp³-hybridized carbons (Fsp3) is 0.300. The number of hydrogen-bond acceptors (Lipinski definition) is 4. The second kappa shape index (κ2) is 4.28. The molecule has 2 rings (SSSR count). The summed E-state index contributed by atoms with van der Waals surface area (Å²) < 4.78 is 3.22. The van der Waals surface area contributed by atoms with Gasteiger partial charge in [-0.15, -0.1) is 0 Å². The lowest BCUT2D eigenvalue weighted by molar-refractivity contribution is 0.0943. The first-order valence-electron chi connectivity index (χ1n) is 5.10. The molecule has 2 aromatic rings. The van der Waals surface area contributed by atoms with Crippen LogP contribution in [0.1, 0.15) is 16.1 Å². The van der Waals surface area contributed by atoms with Crippen molar-refractivity contribution < 1.29 is 4.79 Å². The SMILES string of the molecule is Cn1cncc1C(=O)NCc1cnn(C)c1N. The van der Waals surface area contributed by atoms with Crippen LogP contribution in [0.25, 0.3) is 0 Å². The van der Waals surface area contributed by atoms with Crippen molar-refractivity contribution in [3.05, 3.63) is 30.0 Å². The van der Waals surface area contributed by atoms with Crippen LogP contribution in [-0.4, -0.2) is 25.2 Å².